The highest BCUT2D eigenvalue weighted by molar-refractivity contribution is 5.92. The number of aromatic nitrogens is 2. The van der Waals surface area contributed by atoms with Crippen molar-refractivity contribution in [2.45, 2.75) is 26.7 Å². The summed E-state index contributed by atoms with van der Waals surface area (Å²) in [6, 6.07) is 3.62. The minimum atomic E-state index is -0.149. The van der Waals surface area contributed by atoms with E-state index in [1.165, 1.54) is 12.8 Å². The molecule has 1 aromatic heterocycles. The maximum atomic E-state index is 11.8. The van der Waals surface area contributed by atoms with Crippen LogP contribution >= 0.6 is 0 Å². The normalized spacial score (nSPS) is 15.2. The van der Waals surface area contributed by atoms with Crippen LogP contribution in [0.15, 0.2) is 12.1 Å². The van der Waals surface area contributed by atoms with Gasteiger partial charge in [-0.05, 0) is 30.9 Å². The van der Waals surface area contributed by atoms with Gasteiger partial charge in [0.15, 0.2) is 11.5 Å². The first-order chi connectivity index (χ1) is 8.66. The van der Waals surface area contributed by atoms with Gasteiger partial charge >= 0.3 is 0 Å². The molecule has 5 nitrogen and oxygen atoms in total. The quantitative estimate of drug-likeness (QED) is 0.876. The predicted octanol–water partition coefficient (Wildman–Crippen LogP) is 1.46. The molecule has 0 bridgehead atoms. The molecule has 2 heterocycles. The van der Waals surface area contributed by atoms with Crippen molar-refractivity contribution >= 4 is 11.7 Å². The van der Waals surface area contributed by atoms with E-state index < -0.39 is 0 Å². The van der Waals surface area contributed by atoms with Crippen molar-refractivity contribution in [1.82, 2.24) is 15.5 Å². The highest BCUT2D eigenvalue weighted by atomic mass is 16.1. The lowest BCUT2D eigenvalue weighted by Gasteiger charge is -2.15. The van der Waals surface area contributed by atoms with Crippen LogP contribution in [0.2, 0.25) is 0 Å². The summed E-state index contributed by atoms with van der Waals surface area (Å²) in [6.07, 6.45) is 2.41. The molecule has 1 saturated heterocycles. The highest BCUT2D eigenvalue weighted by Crippen LogP contribution is 2.16. The summed E-state index contributed by atoms with van der Waals surface area (Å²) in [6.45, 7) is 6.85. The van der Waals surface area contributed by atoms with E-state index >= 15 is 0 Å². The molecule has 1 aliphatic rings. The number of hydrogen-bond donors (Lipinski definition) is 1. The van der Waals surface area contributed by atoms with Crippen molar-refractivity contribution < 1.29 is 4.79 Å². The summed E-state index contributed by atoms with van der Waals surface area (Å²) < 4.78 is 0. The standard InChI is InChI=1S/C13H20N4O/c1-10(2)9-14-13(18)11-5-6-12(16-15-11)17-7-3-4-8-17/h5-6,10H,3-4,7-9H2,1-2H3,(H,14,18). The number of amides is 1. The van der Waals surface area contributed by atoms with Gasteiger partial charge in [0.25, 0.3) is 5.91 Å². The van der Waals surface area contributed by atoms with E-state index in [-0.39, 0.29) is 5.91 Å². The van der Waals surface area contributed by atoms with Gasteiger partial charge in [-0.25, -0.2) is 0 Å². The molecule has 18 heavy (non-hydrogen) atoms. The van der Waals surface area contributed by atoms with Crippen LogP contribution in [0.25, 0.3) is 0 Å². The van der Waals surface area contributed by atoms with Crippen LogP contribution in [0.1, 0.15) is 37.2 Å². The zero-order chi connectivity index (χ0) is 13.0. The Bertz CT molecular complexity index is 396. The maximum absolute atomic E-state index is 11.8. The SMILES string of the molecule is CC(C)CNC(=O)c1ccc(N2CCCC2)nn1. The fourth-order valence-corrected chi connectivity index (χ4v) is 1.95. The van der Waals surface area contributed by atoms with Gasteiger partial charge < -0.3 is 10.2 Å². The lowest BCUT2D eigenvalue weighted by molar-refractivity contribution is 0.0943. The van der Waals surface area contributed by atoms with Crippen molar-refractivity contribution in [1.29, 1.82) is 0 Å². The Hall–Kier alpha value is -1.65. The molecule has 1 aromatic rings. The lowest BCUT2D eigenvalue weighted by atomic mass is 10.2. The second kappa shape index (κ2) is 5.80. The summed E-state index contributed by atoms with van der Waals surface area (Å²) in [7, 11) is 0. The first-order valence-corrected chi connectivity index (χ1v) is 6.53. The molecule has 1 aliphatic heterocycles. The summed E-state index contributed by atoms with van der Waals surface area (Å²) >= 11 is 0. The average molecular weight is 248 g/mol. The Kier molecular flexibility index (Phi) is 4.12. The zero-order valence-corrected chi connectivity index (χ0v) is 11.0. The largest absolute Gasteiger partial charge is 0.355 e. The summed E-state index contributed by atoms with van der Waals surface area (Å²) in [5.41, 5.74) is 0.388. The van der Waals surface area contributed by atoms with Crippen molar-refractivity contribution in [3.05, 3.63) is 17.8 Å². The molecule has 1 amide bonds. The summed E-state index contributed by atoms with van der Waals surface area (Å²) in [5, 5.41) is 11.0. The number of hydrogen-bond acceptors (Lipinski definition) is 4. The first kappa shape index (κ1) is 12.8. The van der Waals surface area contributed by atoms with Crippen LogP contribution < -0.4 is 10.2 Å². The van der Waals surface area contributed by atoms with Gasteiger partial charge in [-0.2, -0.15) is 0 Å². The molecular formula is C13H20N4O. The van der Waals surface area contributed by atoms with E-state index in [1.807, 2.05) is 6.07 Å². The smallest absolute Gasteiger partial charge is 0.271 e. The Labute approximate surface area is 108 Å². The monoisotopic (exact) mass is 248 g/mol. The second-order valence-electron chi connectivity index (χ2n) is 5.07. The van der Waals surface area contributed by atoms with Crippen molar-refractivity contribution in [2.24, 2.45) is 5.92 Å². The minimum absolute atomic E-state index is 0.149. The van der Waals surface area contributed by atoms with Gasteiger partial charge in [0.1, 0.15) is 0 Å². The second-order valence-corrected chi connectivity index (χ2v) is 5.07. The van der Waals surface area contributed by atoms with Crippen LogP contribution in [0.4, 0.5) is 5.82 Å². The molecule has 98 valence electrons. The number of carbonyl (C=O) groups excluding carboxylic acids is 1. The first-order valence-electron chi connectivity index (χ1n) is 6.53. The van der Waals surface area contributed by atoms with E-state index in [0.717, 1.165) is 18.9 Å². The van der Waals surface area contributed by atoms with Crippen LogP contribution in [0.3, 0.4) is 0 Å². The zero-order valence-electron chi connectivity index (χ0n) is 11.0. The van der Waals surface area contributed by atoms with Gasteiger partial charge in [-0.1, -0.05) is 13.8 Å². The molecule has 5 heteroatoms. The lowest BCUT2D eigenvalue weighted by Crippen LogP contribution is -2.28. The molecule has 0 unspecified atom stereocenters. The summed E-state index contributed by atoms with van der Waals surface area (Å²) in [4.78, 5) is 14.0. The number of nitrogens with zero attached hydrogens (tertiary/aromatic N) is 3. The Morgan fingerprint density at radius 3 is 2.61 bits per heavy atom. The number of carbonyl (C=O) groups is 1. The van der Waals surface area contributed by atoms with Crippen molar-refractivity contribution in [2.75, 3.05) is 24.5 Å². The van der Waals surface area contributed by atoms with Gasteiger partial charge in [0, 0.05) is 19.6 Å². The van der Waals surface area contributed by atoms with Crippen molar-refractivity contribution in [3.63, 3.8) is 0 Å². The average Bonchev–Trinajstić information content (AvgIpc) is 2.90. The predicted molar refractivity (Wildman–Crippen MR) is 70.7 cm³/mol. The minimum Gasteiger partial charge on any atom is -0.355 e. The molecule has 0 aliphatic carbocycles. The molecule has 0 aromatic carbocycles. The maximum Gasteiger partial charge on any atom is 0.271 e. The highest BCUT2D eigenvalue weighted by Gasteiger charge is 2.15. The molecule has 1 N–H and O–H groups in total. The fraction of sp³-hybridized carbons (Fsp3) is 0.615. The third-order valence-electron chi connectivity index (χ3n) is 2.98. The Morgan fingerprint density at radius 1 is 1.33 bits per heavy atom. The molecule has 1 fully saturated rings. The molecule has 0 saturated carbocycles. The molecule has 0 radical (unpaired) electrons. The van der Waals surface area contributed by atoms with Crippen LogP contribution in [-0.4, -0.2) is 35.7 Å². The molecule has 0 spiro atoms. The van der Waals surface area contributed by atoms with E-state index in [1.54, 1.807) is 6.07 Å². The summed E-state index contributed by atoms with van der Waals surface area (Å²) in [5.74, 6) is 1.16. The number of rotatable bonds is 4. The van der Waals surface area contributed by atoms with E-state index in [0.29, 0.717) is 18.2 Å². The molecule has 2 rings (SSSR count). The van der Waals surface area contributed by atoms with E-state index in [4.69, 9.17) is 0 Å². The molecule has 0 atom stereocenters. The third kappa shape index (κ3) is 3.18. The topological polar surface area (TPSA) is 58.1 Å². The van der Waals surface area contributed by atoms with Gasteiger partial charge in [0.2, 0.25) is 0 Å². The third-order valence-corrected chi connectivity index (χ3v) is 2.98. The van der Waals surface area contributed by atoms with Gasteiger partial charge in [-0.3, -0.25) is 4.79 Å². The van der Waals surface area contributed by atoms with Crippen LogP contribution in [0.5, 0.6) is 0 Å². The Morgan fingerprint density at radius 2 is 2.06 bits per heavy atom. The fourth-order valence-electron chi connectivity index (χ4n) is 1.95. The number of anilines is 1. The van der Waals surface area contributed by atoms with Gasteiger partial charge in [0.05, 0.1) is 0 Å². The van der Waals surface area contributed by atoms with E-state index in [2.05, 4.69) is 34.3 Å². The number of nitrogens with one attached hydrogen (secondary N) is 1. The van der Waals surface area contributed by atoms with Gasteiger partial charge in [-0.15, -0.1) is 10.2 Å². The van der Waals surface area contributed by atoms with Crippen LogP contribution in [0, 0.1) is 5.92 Å². The molecular weight excluding hydrogens is 228 g/mol. The van der Waals surface area contributed by atoms with Crippen molar-refractivity contribution in [3.8, 4) is 0 Å². The Balaban J connectivity index is 1.96. The van der Waals surface area contributed by atoms with Crippen LogP contribution in [-0.2, 0) is 0 Å². The van der Waals surface area contributed by atoms with E-state index in [9.17, 15) is 4.79 Å².